The lowest BCUT2D eigenvalue weighted by atomic mass is 10.2. The maximum absolute atomic E-state index is 10.9. The molecule has 1 aromatic rings. The maximum atomic E-state index is 10.9. The molecule has 0 unspecified atom stereocenters. The van der Waals surface area contributed by atoms with Crippen LogP contribution in [0.5, 0.6) is 0 Å². The van der Waals surface area contributed by atoms with Gasteiger partial charge in [-0.15, -0.1) is 0 Å². The second kappa shape index (κ2) is 4.86. The molecule has 5 nitrogen and oxygen atoms in total. The fraction of sp³-hybridized carbons (Fsp3) is 0.417. The molecule has 0 saturated heterocycles. The highest BCUT2D eigenvalue weighted by atomic mass is 32.2. The third kappa shape index (κ3) is 2.57. The van der Waals surface area contributed by atoms with Gasteiger partial charge in [0.1, 0.15) is 5.69 Å². The van der Waals surface area contributed by atoms with Crippen molar-refractivity contribution in [2.45, 2.75) is 17.6 Å². The number of nitrogens with one attached hydrogen (secondary N) is 1. The van der Waals surface area contributed by atoms with Crippen LogP contribution < -0.4 is 5.32 Å². The molecule has 2 rings (SSSR count). The van der Waals surface area contributed by atoms with Crippen LogP contribution in [0.2, 0.25) is 0 Å². The normalized spacial score (nSPS) is 15.8. The molecule has 0 spiro atoms. The Hall–Kier alpha value is -1.74. The van der Waals surface area contributed by atoms with E-state index in [-0.39, 0.29) is 10.4 Å². The average molecular weight is 263 g/mol. The molecular formula is C12H13N3O2S. The standard InChI is InChI=1S/C12H13N3O2S/c1-18-12(4-5-12)8-14-10-6-9(7-13)2-3-11(10)15(16)17/h2-3,6,14H,4-5,8H2,1H3. The third-order valence-electron chi connectivity index (χ3n) is 3.16. The summed E-state index contributed by atoms with van der Waals surface area (Å²) in [7, 11) is 0. The van der Waals surface area contributed by atoms with Gasteiger partial charge in [0.25, 0.3) is 5.69 Å². The summed E-state index contributed by atoms with van der Waals surface area (Å²) in [5, 5.41) is 22.8. The summed E-state index contributed by atoms with van der Waals surface area (Å²) >= 11 is 1.78. The number of anilines is 1. The fourth-order valence-electron chi connectivity index (χ4n) is 1.76. The van der Waals surface area contributed by atoms with Crippen LogP contribution >= 0.6 is 11.8 Å². The summed E-state index contributed by atoms with van der Waals surface area (Å²) in [5.41, 5.74) is 0.877. The predicted molar refractivity (Wildman–Crippen MR) is 71.8 cm³/mol. The molecule has 0 radical (unpaired) electrons. The minimum atomic E-state index is -0.428. The average Bonchev–Trinajstić information content (AvgIpc) is 3.16. The van der Waals surface area contributed by atoms with Gasteiger partial charge >= 0.3 is 0 Å². The molecule has 6 heteroatoms. The van der Waals surface area contributed by atoms with E-state index in [0.717, 1.165) is 12.8 Å². The van der Waals surface area contributed by atoms with Crippen molar-refractivity contribution in [1.82, 2.24) is 0 Å². The van der Waals surface area contributed by atoms with Crippen molar-refractivity contribution in [3.63, 3.8) is 0 Å². The topological polar surface area (TPSA) is 79.0 Å². The van der Waals surface area contributed by atoms with Crippen LogP contribution in [-0.2, 0) is 0 Å². The summed E-state index contributed by atoms with van der Waals surface area (Å²) in [5.74, 6) is 0. The maximum Gasteiger partial charge on any atom is 0.292 e. The highest BCUT2D eigenvalue weighted by Gasteiger charge is 2.41. The molecule has 1 aromatic carbocycles. The number of rotatable bonds is 5. The molecule has 1 N–H and O–H groups in total. The summed E-state index contributed by atoms with van der Waals surface area (Å²) < 4.78 is 0.219. The molecule has 0 amide bonds. The Morgan fingerprint density at radius 2 is 2.33 bits per heavy atom. The van der Waals surface area contributed by atoms with Gasteiger partial charge in [-0.2, -0.15) is 17.0 Å². The van der Waals surface area contributed by atoms with Crippen LogP contribution in [0.25, 0.3) is 0 Å². The van der Waals surface area contributed by atoms with Crippen molar-refractivity contribution in [1.29, 1.82) is 5.26 Å². The molecule has 1 fully saturated rings. The van der Waals surface area contributed by atoms with Gasteiger partial charge in [0, 0.05) is 17.4 Å². The number of thioether (sulfide) groups is 1. The molecule has 1 aliphatic carbocycles. The Balaban J connectivity index is 2.19. The summed E-state index contributed by atoms with van der Waals surface area (Å²) in [6.45, 7) is 0.698. The Kier molecular flexibility index (Phi) is 3.43. The zero-order valence-corrected chi connectivity index (χ0v) is 10.8. The molecule has 0 aliphatic heterocycles. The minimum Gasteiger partial charge on any atom is -0.378 e. The van der Waals surface area contributed by atoms with Gasteiger partial charge in [0.2, 0.25) is 0 Å². The van der Waals surface area contributed by atoms with E-state index in [1.165, 1.54) is 18.2 Å². The Morgan fingerprint density at radius 3 is 2.83 bits per heavy atom. The van der Waals surface area contributed by atoms with Crippen molar-refractivity contribution in [3.05, 3.63) is 33.9 Å². The zero-order valence-electron chi connectivity index (χ0n) is 9.97. The largest absolute Gasteiger partial charge is 0.378 e. The number of nitro groups is 1. The third-order valence-corrected chi connectivity index (χ3v) is 4.58. The highest BCUT2D eigenvalue weighted by molar-refractivity contribution is 8.00. The molecular weight excluding hydrogens is 250 g/mol. The summed E-state index contributed by atoms with van der Waals surface area (Å²) in [4.78, 5) is 10.5. The molecule has 1 saturated carbocycles. The monoisotopic (exact) mass is 263 g/mol. The van der Waals surface area contributed by atoms with Gasteiger partial charge in [0.05, 0.1) is 16.6 Å². The van der Waals surface area contributed by atoms with E-state index in [9.17, 15) is 10.1 Å². The van der Waals surface area contributed by atoms with Crippen molar-refractivity contribution < 1.29 is 4.92 Å². The fourth-order valence-corrected chi connectivity index (χ4v) is 2.48. The zero-order chi connectivity index (χ0) is 13.2. The lowest BCUT2D eigenvalue weighted by Crippen LogP contribution is -2.18. The molecule has 0 aromatic heterocycles. The van der Waals surface area contributed by atoms with Crippen molar-refractivity contribution in [3.8, 4) is 6.07 Å². The molecule has 0 atom stereocenters. The molecule has 1 aliphatic rings. The van der Waals surface area contributed by atoms with E-state index in [2.05, 4.69) is 11.6 Å². The van der Waals surface area contributed by atoms with E-state index in [1.807, 2.05) is 6.07 Å². The van der Waals surface area contributed by atoms with E-state index >= 15 is 0 Å². The highest BCUT2D eigenvalue weighted by Crippen LogP contribution is 2.47. The molecule has 0 bridgehead atoms. The van der Waals surface area contributed by atoms with Gasteiger partial charge in [-0.3, -0.25) is 10.1 Å². The predicted octanol–water partition coefficient (Wildman–Crippen LogP) is 2.77. The number of nitrogens with zero attached hydrogens (tertiary/aromatic N) is 2. The van der Waals surface area contributed by atoms with Gasteiger partial charge in [0.15, 0.2) is 0 Å². The first-order valence-electron chi connectivity index (χ1n) is 5.58. The quantitative estimate of drug-likeness (QED) is 0.652. The number of benzene rings is 1. The van der Waals surface area contributed by atoms with E-state index in [1.54, 1.807) is 11.8 Å². The van der Waals surface area contributed by atoms with E-state index in [4.69, 9.17) is 5.26 Å². The lowest BCUT2D eigenvalue weighted by Gasteiger charge is -2.14. The summed E-state index contributed by atoms with van der Waals surface area (Å²) in [6, 6.07) is 6.37. The first-order valence-corrected chi connectivity index (χ1v) is 6.80. The first-order chi connectivity index (χ1) is 8.60. The van der Waals surface area contributed by atoms with E-state index in [0.29, 0.717) is 17.8 Å². The summed E-state index contributed by atoms with van der Waals surface area (Å²) in [6.07, 6.45) is 4.31. The van der Waals surface area contributed by atoms with Crippen LogP contribution in [0.4, 0.5) is 11.4 Å². The smallest absolute Gasteiger partial charge is 0.292 e. The Morgan fingerprint density at radius 1 is 1.61 bits per heavy atom. The number of nitro benzene ring substituents is 1. The van der Waals surface area contributed by atoms with Crippen LogP contribution in [0.1, 0.15) is 18.4 Å². The second-order valence-corrected chi connectivity index (χ2v) is 5.62. The SMILES string of the molecule is CSC1(CNc2cc(C#N)ccc2[N+](=O)[O-])CC1. The lowest BCUT2D eigenvalue weighted by molar-refractivity contribution is -0.384. The van der Waals surface area contributed by atoms with Gasteiger partial charge in [-0.05, 0) is 31.2 Å². The molecule has 94 valence electrons. The van der Waals surface area contributed by atoms with E-state index < -0.39 is 4.92 Å². The second-order valence-electron chi connectivity index (χ2n) is 4.34. The van der Waals surface area contributed by atoms with Crippen LogP contribution in [0.3, 0.4) is 0 Å². The van der Waals surface area contributed by atoms with Gasteiger partial charge in [-0.1, -0.05) is 0 Å². The van der Waals surface area contributed by atoms with Crippen molar-refractivity contribution in [2.24, 2.45) is 0 Å². The van der Waals surface area contributed by atoms with Crippen molar-refractivity contribution in [2.75, 3.05) is 18.1 Å². The van der Waals surface area contributed by atoms with Gasteiger partial charge < -0.3 is 5.32 Å². The first kappa shape index (κ1) is 12.7. The van der Waals surface area contributed by atoms with Crippen LogP contribution in [0.15, 0.2) is 18.2 Å². The number of hydrogen-bond acceptors (Lipinski definition) is 5. The van der Waals surface area contributed by atoms with Crippen LogP contribution in [-0.4, -0.2) is 22.5 Å². The minimum absolute atomic E-state index is 0.0194. The Labute approximate surface area is 109 Å². The molecule has 18 heavy (non-hydrogen) atoms. The van der Waals surface area contributed by atoms with Crippen molar-refractivity contribution >= 4 is 23.1 Å². The number of nitriles is 1. The number of hydrogen-bond donors (Lipinski definition) is 1. The van der Waals surface area contributed by atoms with Crippen LogP contribution in [0, 0.1) is 21.4 Å². The molecule has 0 heterocycles. The Bertz CT molecular complexity index is 521. The van der Waals surface area contributed by atoms with Gasteiger partial charge in [-0.25, -0.2) is 0 Å².